The number of nitrogens with one attached hydrogen (secondary N) is 1. The van der Waals surface area contributed by atoms with Gasteiger partial charge in [0.15, 0.2) is 0 Å². The van der Waals surface area contributed by atoms with Crippen LogP contribution in [0, 0.1) is 0 Å². The van der Waals surface area contributed by atoms with Crippen LogP contribution in [0.3, 0.4) is 0 Å². The molecule has 1 heterocycles. The number of nitrogens with zero attached hydrogens (tertiary/aromatic N) is 2. The molecule has 0 bridgehead atoms. The third-order valence-corrected chi connectivity index (χ3v) is 8.45. The third kappa shape index (κ3) is 8.51. The van der Waals surface area contributed by atoms with Gasteiger partial charge >= 0.3 is 5.97 Å². The Bertz CT molecular complexity index is 1430. The van der Waals surface area contributed by atoms with Gasteiger partial charge in [0.1, 0.15) is 17.0 Å². The van der Waals surface area contributed by atoms with Crippen LogP contribution in [0.2, 0.25) is 5.02 Å². The summed E-state index contributed by atoms with van der Waals surface area (Å²) in [7, 11) is 2.09. The van der Waals surface area contributed by atoms with E-state index in [2.05, 4.69) is 37.2 Å². The molecule has 3 N–H and O–H groups in total. The SMILES string of the molecule is CCCN(C)CCCOc1cc(-c2nc(C(=O)NC3(C(=O)O)CCC(O)CC3)ccc2-c2ccccc2CC)ccc1Cl.Cl. The number of carbonyl (C=O) groups excluding carboxylic acids is 1. The van der Waals surface area contributed by atoms with E-state index in [1.165, 1.54) is 0 Å². The molecule has 8 nitrogen and oxygen atoms in total. The smallest absolute Gasteiger partial charge is 0.329 e. The van der Waals surface area contributed by atoms with Crippen molar-refractivity contribution in [2.45, 2.75) is 70.4 Å². The van der Waals surface area contributed by atoms with Crippen molar-refractivity contribution in [3.8, 4) is 28.1 Å². The van der Waals surface area contributed by atoms with Gasteiger partial charge < -0.3 is 25.2 Å². The minimum absolute atomic E-state index is 0. The second-order valence-corrected chi connectivity index (χ2v) is 11.7. The number of carbonyl (C=O) groups is 2. The Morgan fingerprint density at radius 1 is 1.07 bits per heavy atom. The van der Waals surface area contributed by atoms with Gasteiger partial charge in [-0.25, -0.2) is 9.78 Å². The van der Waals surface area contributed by atoms with E-state index in [-0.39, 0.29) is 30.9 Å². The monoisotopic (exact) mass is 643 g/mol. The molecule has 10 heteroatoms. The van der Waals surface area contributed by atoms with Crippen LogP contribution in [0.25, 0.3) is 22.4 Å². The molecule has 0 saturated heterocycles. The molecule has 1 aromatic heterocycles. The summed E-state index contributed by atoms with van der Waals surface area (Å²) in [6.45, 7) is 6.70. The Balaban J connectivity index is 0.00000529. The molecule has 1 aliphatic rings. The molecule has 3 aromatic rings. The van der Waals surface area contributed by atoms with Gasteiger partial charge in [0.25, 0.3) is 5.91 Å². The molecule has 0 unspecified atom stereocenters. The van der Waals surface area contributed by atoms with E-state index >= 15 is 0 Å². The average Bonchev–Trinajstić information content (AvgIpc) is 3.01. The Labute approximate surface area is 271 Å². The number of hydrogen-bond donors (Lipinski definition) is 3. The first-order chi connectivity index (χ1) is 20.7. The van der Waals surface area contributed by atoms with Crippen molar-refractivity contribution in [3.63, 3.8) is 0 Å². The summed E-state index contributed by atoms with van der Waals surface area (Å²) in [6, 6.07) is 17.0. The summed E-state index contributed by atoms with van der Waals surface area (Å²) >= 11 is 6.53. The first kappa shape index (κ1) is 35.3. The number of ether oxygens (including phenoxy) is 1. The van der Waals surface area contributed by atoms with Gasteiger partial charge in [-0.1, -0.05) is 55.8 Å². The second-order valence-electron chi connectivity index (χ2n) is 11.3. The Morgan fingerprint density at radius 3 is 2.48 bits per heavy atom. The van der Waals surface area contributed by atoms with Gasteiger partial charge in [0.2, 0.25) is 0 Å². The van der Waals surface area contributed by atoms with Crippen molar-refractivity contribution >= 4 is 35.9 Å². The number of carboxylic acids is 1. The van der Waals surface area contributed by atoms with E-state index in [9.17, 15) is 19.8 Å². The van der Waals surface area contributed by atoms with Crippen LogP contribution in [0.1, 0.15) is 68.4 Å². The van der Waals surface area contributed by atoms with Gasteiger partial charge in [-0.15, -0.1) is 12.4 Å². The molecular weight excluding hydrogens is 601 g/mol. The molecule has 44 heavy (non-hydrogen) atoms. The number of amides is 1. The predicted molar refractivity (Wildman–Crippen MR) is 177 cm³/mol. The fourth-order valence-corrected chi connectivity index (χ4v) is 5.83. The highest BCUT2D eigenvalue weighted by atomic mass is 35.5. The van der Waals surface area contributed by atoms with Crippen LogP contribution in [-0.4, -0.2) is 70.4 Å². The number of benzene rings is 2. The molecular formula is C34H43Cl2N3O5. The molecule has 0 radical (unpaired) electrons. The quantitative estimate of drug-likeness (QED) is 0.179. The van der Waals surface area contributed by atoms with Crippen molar-refractivity contribution in [2.24, 2.45) is 0 Å². The molecule has 238 valence electrons. The van der Waals surface area contributed by atoms with E-state index < -0.39 is 23.5 Å². The predicted octanol–water partition coefficient (Wildman–Crippen LogP) is 6.65. The van der Waals surface area contributed by atoms with E-state index in [0.29, 0.717) is 35.9 Å². The lowest BCUT2D eigenvalue weighted by molar-refractivity contribution is -0.146. The Kier molecular flexibility index (Phi) is 13.0. The molecule has 1 fully saturated rings. The zero-order valence-corrected chi connectivity index (χ0v) is 27.2. The normalized spacial score (nSPS) is 18.0. The first-order valence-corrected chi connectivity index (χ1v) is 15.5. The number of halogens is 2. The van der Waals surface area contributed by atoms with Crippen molar-refractivity contribution in [2.75, 3.05) is 26.7 Å². The summed E-state index contributed by atoms with van der Waals surface area (Å²) in [4.78, 5) is 32.8. The van der Waals surface area contributed by atoms with E-state index in [1.54, 1.807) is 12.1 Å². The number of aliphatic carboxylic acids is 1. The molecule has 1 saturated carbocycles. The van der Waals surface area contributed by atoms with Gasteiger partial charge in [-0.2, -0.15) is 0 Å². The summed E-state index contributed by atoms with van der Waals surface area (Å²) in [5.41, 5.74) is 2.94. The Morgan fingerprint density at radius 2 is 1.80 bits per heavy atom. The maximum Gasteiger partial charge on any atom is 0.329 e. The maximum absolute atomic E-state index is 13.5. The minimum Gasteiger partial charge on any atom is -0.492 e. The lowest BCUT2D eigenvalue weighted by Gasteiger charge is -2.35. The average molecular weight is 645 g/mol. The fourth-order valence-electron chi connectivity index (χ4n) is 5.65. The highest BCUT2D eigenvalue weighted by Crippen LogP contribution is 2.37. The van der Waals surface area contributed by atoms with Gasteiger partial charge in [-0.3, -0.25) is 4.79 Å². The lowest BCUT2D eigenvalue weighted by Crippen LogP contribution is -2.57. The van der Waals surface area contributed by atoms with Crippen molar-refractivity contribution in [1.82, 2.24) is 15.2 Å². The fraction of sp³-hybridized carbons (Fsp3) is 0.441. The number of rotatable bonds is 13. The molecule has 4 rings (SSSR count). The van der Waals surface area contributed by atoms with Crippen LogP contribution in [0.5, 0.6) is 5.75 Å². The van der Waals surface area contributed by atoms with Crippen LogP contribution >= 0.6 is 24.0 Å². The number of aromatic nitrogens is 1. The number of aliphatic hydroxyl groups excluding tert-OH is 1. The van der Waals surface area contributed by atoms with E-state index in [1.807, 2.05) is 36.4 Å². The molecule has 1 aliphatic carbocycles. The largest absolute Gasteiger partial charge is 0.492 e. The number of hydrogen-bond acceptors (Lipinski definition) is 6. The number of carboxylic acid groups (broad SMARTS) is 1. The number of aryl methyl sites for hydroxylation is 1. The zero-order chi connectivity index (χ0) is 31.0. The van der Waals surface area contributed by atoms with Crippen molar-refractivity contribution in [3.05, 3.63) is 70.9 Å². The molecule has 2 aromatic carbocycles. The summed E-state index contributed by atoms with van der Waals surface area (Å²) in [5, 5.41) is 23.2. The van der Waals surface area contributed by atoms with Crippen molar-refractivity contribution in [1.29, 1.82) is 0 Å². The second kappa shape index (κ2) is 16.2. The zero-order valence-electron chi connectivity index (χ0n) is 25.6. The highest BCUT2D eigenvalue weighted by molar-refractivity contribution is 6.32. The van der Waals surface area contributed by atoms with E-state index in [4.69, 9.17) is 21.3 Å². The van der Waals surface area contributed by atoms with Crippen LogP contribution in [0.15, 0.2) is 54.6 Å². The number of pyridine rings is 1. The lowest BCUT2D eigenvalue weighted by atomic mass is 9.80. The molecule has 1 amide bonds. The summed E-state index contributed by atoms with van der Waals surface area (Å²) < 4.78 is 6.09. The minimum atomic E-state index is -1.45. The molecule has 0 atom stereocenters. The number of aliphatic hydroxyl groups is 1. The van der Waals surface area contributed by atoms with Crippen LogP contribution in [0.4, 0.5) is 0 Å². The standard InChI is InChI=1S/C34H42ClN3O5.ClH/c1-4-19-38(3)20-8-21-43-30-22-24(11-13-28(30)35)31-27(26-10-7-6-9-23(26)5-2)12-14-29(36-31)32(40)37-34(33(41)42)17-15-25(39)16-18-34;/h6-7,9-14,22,25,39H,4-5,8,15-21H2,1-3H3,(H,37,40)(H,41,42);1H. The van der Waals surface area contributed by atoms with Crippen molar-refractivity contribution < 1.29 is 24.5 Å². The van der Waals surface area contributed by atoms with Gasteiger partial charge in [0.05, 0.1) is 23.4 Å². The highest BCUT2D eigenvalue weighted by Gasteiger charge is 2.43. The van der Waals surface area contributed by atoms with Gasteiger partial charge in [-0.05, 0) is 93.9 Å². The first-order valence-electron chi connectivity index (χ1n) is 15.1. The van der Waals surface area contributed by atoms with Crippen LogP contribution < -0.4 is 10.1 Å². The molecule has 0 aliphatic heterocycles. The maximum atomic E-state index is 13.5. The summed E-state index contributed by atoms with van der Waals surface area (Å²) in [5.74, 6) is -1.15. The molecule has 0 spiro atoms. The van der Waals surface area contributed by atoms with Gasteiger partial charge in [0, 0.05) is 17.7 Å². The van der Waals surface area contributed by atoms with E-state index in [0.717, 1.165) is 54.6 Å². The Hall–Kier alpha value is -3.17. The summed E-state index contributed by atoms with van der Waals surface area (Å²) in [6.07, 6.45) is 3.10. The topological polar surface area (TPSA) is 112 Å². The van der Waals surface area contributed by atoms with Crippen LogP contribution in [-0.2, 0) is 11.2 Å². The third-order valence-electron chi connectivity index (χ3n) is 8.14.